The Balaban J connectivity index is 2.03. The average molecular weight is 313 g/mol. The van der Waals surface area contributed by atoms with Gasteiger partial charge in [-0.25, -0.2) is 4.39 Å². The third-order valence-corrected chi connectivity index (χ3v) is 3.42. The highest BCUT2D eigenvalue weighted by Crippen LogP contribution is 2.26. The molecule has 1 aromatic heterocycles. The van der Waals surface area contributed by atoms with Gasteiger partial charge < -0.3 is 5.11 Å². The molecule has 0 saturated carbocycles. The number of aryl methyl sites for hydroxylation is 2. The number of aromatic nitrogens is 2. The number of hydrogen-bond donors (Lipinski definition) is 1. The Morgan fingerprint density at radius 2 is 2.28 bits per heavy atom. The van der Waals surface area contributed by atoms with Gasteiger partial charge in [0.15, 0.2) is 0 Å². The van der Waals surface area contributed by atoms with Crippen molar-refractivity contribution in [3.63, 3.8) is 0 Å². The molecule has 2 aromatic rings. The van der Waals surface area contributed by atoms with Crippen molar-refractivity contribution in [2.24, 2.45) is 7.05 Å². The van der Waals surface area contributed by atoms with Gasteiger partial charge in [-0.05, 0) is 40.4 Å². The molecule has 0 aliphatic heterocycles. The van der Waals surface area contributed by atoms with Gasteiger partial charge in [-0.1, -0.05) is 12.1 Å². The van der Waals surface area contributed by atoms with Crippen LogP contribution < -0.4 is 0 Å². The van der Waals surface area contributed by atoms with Crippen LogP contribution in [0.15, 0.2) is 35.1 Å². The summed E-state index contributed by atoms with van der Waals surface area (Å²) < 4.78 is 15.8. The minimum atomic E-state index is -0.803. The number of aliphatic hydroxyl groups excluding tert-OH is 1. The largest absolute Gasteiger partial charge is 0.388 e. The van der Waals surface area contributed by atoms with Crippen LogP contribution in [0.5, 0.6) is 0 Å². The van der Waals surface area contributed by atoms with Crippen LogP contribution in [0, 0.1) is 5.82 Å². The van der Waals surface area contributed by atoms with Crippen LogP contribution in [0.25, 0.3) is 0 Å². The summed E-state index contributed by atoms with van der Waals surface area (Å²) in [7, 11) is 1.84. The van der Waals surface area contributed by atoms with E-state index in [4.69, 9.17) is 0 Å². The van der Waals surface area contributed by atoms with E-state index in [-0.39, 0.29) is 0 Å². The van der Waals surface area contributed by atoms with Crippen molar-refractivity contribution >= 4 is 15.9 Å². The molecule has 1 aromatic carbocycles. The third kappa shape index (κ3) is 2.97. The van der Waals surface area contributed by atoms with Crippen molar-refractivity contribution in [1.29, 1.82) is 0 Å². The fourth-order valence-electron chi connectivity index (χ4n) is 1.84. The Kier molecular flexibility index (Phi) is 4.14. The quantitative estimate of drug-likeness (QED) is 0.942. The van der Waals surface area contributed by atoms with Crippen molar-refractivity contribution in [2.45, 2.75) is 18.9 Å². The first-order valence-corrected chi connectivity index (χ1v) is 6.46. The fraction of sp³-hybridized carbons (Fsp3) is 0.308. The Morgan fingerprint density at radius 1 is 1.50 bits per heavy atom. The number of hydrogen-bond acceptors (Lipinski definition) is 2. The normalized spacial score (nSPS) is 12.7. The summed E-state index contributed by atoms with van der Waals surface area (Å²) in [6.45, 7) is 0. The molecule has 0 radical (unpaired) electrons. The minimum absolute atomic E-state index is 0.327. The molecule has 0 aliphatic rings. The van der Waals surface area contributed by atoms with Crippen LogP contribution in [0.3, 0.4) is 0 Å². The van der Waals surface area contributed by atoms with Crippen molar-refractivity contribution in [3.8, 4) is 0 Å². The highest BCUT2D eigenvalue weighted by molar-refractivity contribution is 9.10. The van der Waals surface area contributed by atoms with E-state index < -0.39 is 11.9 Å². The molecular weight excluding hydrogens is 299 g/mol. The molecule has 0 fully saturated rings. The van der Waals surface area contributed by atoms with Crippen molar-refractivity contribution in [1.82, 2.24) is 9.78 Å². The smallest absolute Gasteiger partial charge is 0.143 e. The maximum atomic E-state index is 13.8. The second-order valence-corrected chi connectivity index (χ2v) is 5.07. The molecular formula is C13H14BrFN2O. The Bertz CT molecular complexity index is 542. The molecule has 1 atom stereocenters. The predicted octanol–water partition coefficient (Wildman–Crippen LogP) is 2.99. The lowest BCUT2D eigenvalue weighted by atomic mass is 10.0. The molecule has 0 aliphatic carbocycles. The number of halogens is 2. The summed E-state index contributed by atoms with van der Waals surface area (Å²) in [4.78, 5) is 0. The molecule has 0 bridgehead atoms. The van der Waals surface area contributed by atoms with Crippen molar-refractivity contribution in [3.05, 3.63) is 52.0 Å². The molecule has 3 nitrogen and oxygen atoms in total. The third-order valence-electron chi connectivity index (χ3n) is 2.81. The summed E-state index contributed by atoms with van der Waals surface area (Å²) >= 11 is 3.11. The molecule has 5 heteroatoms. The Labute approximate surface area is 113 Å². The zero-order valence-corrected chi connectivity index (χ0v) is 11.6. The molecule has 1 unspecified atom stereocenters. The van der Waals surface area contributed by atoms with E-state index in [0.717, 1.165) is 5.56 Å². The standard InChI is InChI=1S/C13H14BrFN2O/c1-17-8-9(7-16-17)5-6-12(18)10-3-2-4-11(14)13(10)15/h2-4,7-8,12,18H,5-6H2,1H3. The maximum absolute atomic E-state index is 13.8. The second-order valence-electron chi connectivity index (χ2n) is 4.22. The predicted molar refractivity (Wildman–Crippen MR) is 70.6 cm³/mol. The van der Waals surface area contributed by atoms with E-state index in [2.05, 4.69) is 21.0 Å². The van der Waals surface area contributed by atoms with Gasteiger partial charge in [0.05, 0.1) is 16.8 Å². The van der Waals surface area contributed by atoms with Crippen molar-refractivity contribution in [2.75, 3.05) is 0 Å². The Morgan fingerprint density at radius 3 is 2.94 bits per heavy atom. The second kappa shape index (κ2) is 5.63. The van der Waals surface area contributed by atoms with Gasteiger partial charge >= 0.3 is 0 Å². The fourth-order valence-corrected chi connectivity index (χ4v) is 2.22. The zero-order valence-electron chi connectivity index (χ0n) is 9.98. The first kappa shape index (κ1) is 13.2. The van der Waals surface area contributed by atoms with E-state index in [1.165, 1.54) is 0 Å². The lowest BCUT2D eigenvalue weighted by molar-refractivity contribution is 0.163. The van der Waals surface area contributed by atoms with Gasteiger partial charge in [0, 0.05) is 18.8 Å². The van der Waals surface area contributed by atoms with E-state index in [1.807, 2.05) is 13.2 Å². The Hall–Kier alpha value is -1.20. The molecule has 1 N–H and O–H groups in total. The van der Waals surface area contributed by atoms with Crippen LogP contribution in [-0.2, 0) is 13.5 Å². The molecule has 0 spiro atoms. The zero-order chi connectivity index (χ0) is 13.1. The van der Waals surface area contributed by atoms with E-state index in [9.17, 15) is 9.50 Å². The van der Waals surface area contributed by atoms with E-state index >= 15 is 0 Å². The van der Waals surface area contributed by atoms with Crippen molar-refractivity contribution < 1.29 is 9.50 Å². The number of aliphatic hydroxyl groups is 1. The van der Waals surface area contributed by atoms with Crippen LogP contribution in [-0.4, -0.2) is 14.9 Å². The van der Waals surface area contributed by atoms with Gasteiger partial charge in [-0.15, -0.1) is 0 Å². The topological polar surface area (TPSA) is 38.0 Å². The van der Waals surface area contributed by atoms with Crippen LogP contribution in [0.4, 0.5) is 4.39 Å². The summed E-state index contributed by atoms with van der Waals surface area (Å²) in [5.74, 6) is -0.392. The first-order chi connectivity index (χ1) is 8.58. The van der Waals surface area contributed by atoms with Gasteiger partial charge in [0.2, 0.25) is 0 Å². The first-order valence-electron chi connectivity index (χ1n) is 5.67. The monoisotopic (exact) mass is 312 g/mol. The number of nitrogens with zero attached hydrogens (tertiary/aromatic N) is 2. The minimum Gasteiger partial charge on any atom is -0.388 e. The summed E-state index contributed by atoms with van der Waals surface area (Å²) in [5, 5.41) is 14.1. The highest BCUT2D eigenvalue weighted by atomic mass is 79.9. The average Bonchev–Trinajstić information content (AvgIpc) is 2.76. The van der Waals surface area contributed by atoms with Gasteiger partial charge in [0.1, 0.15) is 5.82 Å². The summed E-state index contributed by atoms with van der Waals surface area (Å²) in [6, 6.07) is 4.94. The highest BCUT2D eigenvalue weighted by Gasteiger charge is 2.14. The maximum Gasteiger partial charge on any atom is 0.143 e. The van der Waals surface area contributed by atoms with Crippen LogP contribution in [0.1, 0.15) is 23.7 Å². The van der Waals surface area contributed by atoms with E-state index in [1.54, 1.807) is 29.1 Å². The molecule has 0 amide bonds. The molecule has 96 valence electrons. The van der Waals surface area contributed by atoms with Gasteiger partial charge in [0.25, 0.3) is 0 Å². The van der Waals surface area contributed by atoms with Gasteiger partial charge in [-0.3, -0.25) is 4.68 Å². The number of benzene rings is 1. The molecule has 18 heavy (non-hydrogen) atoms. The lowest BCUT2D eigenvalue weighted by Crippen LogP contribution is -2.02. The molecule has 2 rings (SSSR count). The van der Waals surface area contributed by atoms with Crippen LogP contribution in [0.2, 0.25) is 0 Å². The SMILES string of the molecule is Cn1cc(CCC(O)c2cccc(Br)c2F)cn1. The molecule has 1 heterocycles. The van der Waals surface area contributed by atoms with Crippen LogP contribution >= 0.6 is 15.9 Å². The summed E-state index contributed by atoms with van der Waals surface area (Å²) in [6.07, 6.45) is 3.98. The van der Waals surface area contributed by atoms with E-state index in [0.29, 0.717) is 22.9 Å². The number of rotatable bonds is 4. The molecule has 0 saturated heterocycles. The lowest BCUT2D eigenvalue weighted by Gasteiger charge is -2.12. The van der Waals surface area contributed by atoms with Gasteiger partial charge in [-0.2, -0.15) is 5.10 Å². The summed E-state index contributed by atoms with van der Waals surface area (Å²) in [5.41, 5.74) is 1.36.